The molecule has 2 aromatic carbocycles. The minimum atomic E-state index is -0.744. The minimum absolute atomic E-state index is 0.307. The van der Waals surface area contributed by atoms with Crippen LogP contribution in [0.25, 0.3) is 0 Å². The summed E-state index contributed by atoms with van der Waals surface area (Å²) < 4.78 is 13.9. The van der Waals surface area contributed by atoms with Crippen LogP contribution in [0.4, 0.5) is 10.1 Å². The Morgan fingerprint density at radius 2 is 1.95 bits per heavy atom. The van der Waals surface area contributed by atoms with Crippen LogP contribution in [0.1, 0.15) is 23.5 Å². The molecule has 2 unspecified atom stereocenters. The van der Waals surface area contributed by atoms with Crippen LogP contribution in [-0.2, 0) is 6.54 Å². The quantitative estimate of drug-likeness (QED) is 0.677. The molecule has 21 heavy (non-hydrogen) atoms. The van der Waals surface area contributed by atoms with Gasteiger partial charge in [0.2, 0.25) is 5.82 Å². The first-order valence-corrected chi connectivity index (χ1v) is 6.87. The van der Waals surface area contributed by atoms with Gasteiger partial charge in [0.1, 0.15) is 0 Å². The number of rotatable bonds is 5. The lowest BCUT2D eigenvalue weighted by Gasteiger charge is -2.06. The third-order valence-electron chi connectivity index (χ3n) is 3.83. The van der Waals surface area contributed by atoms with E-state index in [1.807, 2.05) is 18.2 Å². The van der Waals surface area contributed by atoms with Crippen molar-refractivity contribution in [3.63, 3.8) is 0 Å². The zero-order chi connectivity index (χ0) is 14.8. The number of nitro benzene ring substituents is 1. The Hall–Kier alpha value is -2.27. The zero-order valence-electron chi connectivity index (χ0n) is 11.3. The van der Waals surface area contributed by atoms with E-state index in [9.17, 15) is 14.5 Å². The number of benzene rings is 2. The Kier molecular flexibility index (Phi) is 3.66. The Labute approximate surface area is 121 Å². The largest absolute Gasteiger partial charge is 0.309 e. The molecule has 1 N–H and O–H groups in total. The molecule has 0 bridgehead atoms. The molecule has 2 atom stereocenters. The maximum absolute atomic E-state index is 13.9. The summed E-state index contributed by atoms with van der Waals surface area (Å²) in [5, 5.41) is 14.0. The van der Waals surface area contributed by atoms with Gasteiger partial charge in [0.25, 0.3) is 0 Å². The smallest absolute Gasteiger partial charge is 0.305 e. The van der Waals surface area contributed by atoms with E-state index in [1.54, 1.807) is 6.07 Å². The van der Waals surface area contributed by atoms with Gasteiger partial charge in [-0.25, -0.2) is 0 Å². The molecule has 4 nitrogen and oxygen atoms in total. The maximum Gasteiger partial charge on any atom is 0.305 e. The van der Waals surface area contributed by atoms with Crippen molar-refractivity contribution in [3.8, 4) is 0 Å². The van der Waals surface area contributed by atoms with E-state index in [4.69, 9.17) is 0 Å². The summed E-state index contributed by atoms with van der Waals surface area (Å²) in [4.78, 5) is 10.0. The fourth-order valence-electron chi connectivity index (χ4n) is 2.57. The van der Waals surface area contributed by atoms with Crippen LogP contribution in [0, 0.1) is 15.9 Å². The van der Waals surface area contributed by atoms with Crippen LogP contribution >= 0.6 is 0 Å². The predicted octanol–water partition coefficient (Wildman–Crippen LogP) is 3.38. The van der Waals surface area contributed by atoms with Crippen LogP contribution in [0.5, 0.6) is 0 Å². The third kappa shape index (κ3) is 2.92. The standard InChI is InChI=1S/C16H15FN2O2/c17-16-12(7-4-8-15(16)19(20)21)10-18-14-9-13(14)11-5-2-1-3-6-11/h1-8,13-14,18H,9-10H2. The number of nitro groups is 1. The molecule has 108 valence electrons. The molecule has 0 amide bonds. The molecule has 0 aliphatic heterocycles. The van der Waals surface area contributed by atoms with Crippen LogP contribution in [0.15, 0.2) is 48.5 Å². The van der Waals surface area contributed by atoms with E-state index >= 15 is 0 Å². The molecule has 1 fully saturated rings. The number of halogens is 1. The molecule has 0 radical (unpaired) electrons. The molecular formula is C16H15FN2O2. The third-order valence-corrected chi connectivity index (χ3v) is 3.83. The first-order chi connectivity index (χ1) is 10.2. The van der Waals surface area contributed by atoms with Gasteiger partial charge in [0, 0.05) is 30.1 Å². The minimum Gasteiger partial charge on any atom is -0.309 e. The van der Waals surface area contributed by atoms with Crippen LogP contribution in [0.3, 0.4) is 0 Å². The van der Waals surface area contributed by atoms with Gasteiger partial charge in [-0.2, -0.15) is 4.39 Å². The van der Waals surface area contributed by atoms with Crippen LogP contribution in [-0.4, -0.2) is 11.0 Å². The van der Waals surface area contributed by atoms with E-state index in [1.165, 1.54) is 17.7 Å². The summed E-state index contributed by atoms with van der Waals surface area (Å²) in [6.07, 6.45) is 1.01. The Morgan fingerprint density at radius 3 is 2.67 bits per heavy atom. The molecular weight excluding hydrogens is 271 g/mol. The summed E-state index contributed by atoms with van der Waals surface area (Å²) in [6.45, 7) is 0.307. The molecule has 0 saturated heterocycles. The van der Waals surface area contributed by atoms with Crippen molar-refractivity contribution in [2.75, 3.05) is 0 Å². The molecule has 5 heteroatoms. The SMILES string of the molecule is O=[N+]([O-])c1cccc(CNC2CC2c2ccccc2)c1F. The van der Waals surface area contributed by atoms with Crippen LogP contribution < -0.4 is 5.32 Å². The molecule has 2 aromatic rings. The molecule has 0 heterocycles. The van der Waals surface area contributed by atoms with Gasteiger partial charge < -0.3 is 5.32 Å². The average Bonchev–Trinajstić information content (AvgIpc) is 3.26. The highest BCUT2D eigenvalue weighted by Gasteiger charge is 2.37. The lowest BCUT2D eigenvalue weighted by atomic mass is 10.1. The molecule has 0 aromatic heterocycles. The second kappa shape index (κ2) is 5.61. The van der Waals surface area contributed by atoms with Crippen molar-refractivity contribution in [2.45, 2.75) is 24.9 Å². The van der Waals surface area contributed by atoms with E-state index < -0.39 is 16.4 Å². The second-order valence-corrected chi connectivity index (χ2v) is 5.25. The highest BCUT2D eigenvalue weighted by Crippen LogP contribution is 2.40. The summed E-state index contributed by atoms with van der Waals surface area (Å²) in [5.41, 5.74) is 1.14. The van der Waals surface area contributed by atoms with Crippen molar-refractivity contribution in [1.29, 1.82) is 0 Å². The summed E-state index contributed by atoms with van der Waals surface area (Å²) in [6, 6.07) is 14.7. The van der Waals surface area contributed by atoms with Crippen molar-refractivity contribution in [2.24, 2.45) is 0 Å². The van der Waals surface area contributed by atoms with Crippen molar-refractivity contribution < 1.29 is 9.31 Å². The number of nitrogens with zero attached hydrogens (tertiary/aromatic N) is 1. The average molecular weight is 286 g/mol. The van der Waals surface area contributed by atoms with Gasteiger partial charge in [-0.1, -0.05) is 42.5 Å². The van der Waals surface area contributed by atoms with E-state index in [0.29, 0.717) is 24.1 Å². The molecule has 3 rings (SSSR count). The molecule has 1 aliphatic carbocycles. The Morgan fingerprint density at radius 1 is 1.19 bits per heavy atom. The van der Waals surface area contributed by atoms with Gasteiger partial charge in [-0.15, -0.1) is 0 Å². The zero-order valence-corrected chi connectivity index (χ0v) is 11.3. The van der Waals surface area contributed by atoms with Crippen molar-refractivity contribution in [1.82, 2.24) is 5.32 Å². The predicted molar refractivity (Wildman–Crippen MR) is 77.5 cm³/mol. The topological polar surface area (TPSA) is 55.2 Å². The van der Waals surface area contributed by atoms with E-state index in [2.05, 4.69) is 17.4 Å². The number of hydrogen-bond donors (Lipinski definition) is 1. The molecule has 1 aliphatic rings. The lowest BCUT2D eigenvalue weighted by molar-refractivity contribution is -0.387. The van der Waals surface area contributed by atoms with Gasteiger partial charge in [-0.3, -0.25) is 10.1 Å². The van der Waals surface area contributed by atoms with Crippen molar-refractivity contribution in [3.05, 3.63) is 75.6 Å². The highest BCUT2D eigenvalue weighted by atomic mass is 19.1. The van der Waals surface area contributed by atoms with E-state index in [-0.39, 0.29) is 0 Å². The van der Waals surface area contributed by atoms with Crippen LogP contribution in [0.2, 0.25) is 0 Å². The van der Waals surface area contributed by atoms with Gasteiger partial charge in [0.05, 0.1) is 4.92 Å². The van der Waals surface area contributed by atoms with Gasteiger partial charge in [-0.05, 0) is 12.0 Å². The summed E-state index contributed by atoms with van der Waals surface area (Å²) in [7, 11) is 0. The fraction of sp³-hybridized carbons (Fsp3) is 0.250. The van der Waals surface area contributed by atoms with Crippen molar-refractivity contribution >= 4 is 5.69 Å². The first-order valence-electron chi connectivity index (χ1n) is 6.87. The Balaban J connectivity index is 1.62. The number of nitrogens with one attached hydrogen (secondary N) is 1. The second-order valence-electron chi connectivity index (χ2n) is 5.25. The molecule has 0 spiro atoms. The Bertz CT molecular complexity index is 661. The summed E-state index contributed by atoms with van der Waals surface area (Å²) >= 11 is 0. The van der Waals surface area contributed by atoms with Gasteiger partial charge >= 0.3 is 5.69 Å². The normalized spacial score (nSPS) is 20.2. The first kappa shape index (κ1) is 13.7. The molecule has 1 saturated carbocycles. The fourth-order valence-corrected chi connectivity index (χ4v) is 2.57. The highest BCUT2D eigenvalue weighted by molar-refractivity contribution is 5.37. The van der Waals surface area contributed by atoms with E-state index in [0.717, 1.165) is 6.42 Å². The van der Waals surface area contributed by atoms with Gasteiger partial charge in [0.15, 0.2) is 0 Å². The maximum atomic E-state index is 13.9. The number of hydrogen-bond acceptors (Lipinski definition) is 3. The summed E-state index contributed by atoms with van der Waals surface area (Å²) in [5.74, 6) is -0.292. The monoisotopic (exact) mass is 286 g/mol. The lowest BCUT2D eigenvalue weighted by Crippen LogP contribution is -2.18.